The molecule has 2 aromatic carbocycles. The molecule has 144 valence electrons. The summed E-state index contributed by atoms with van der Waals surface area (Å²) in [6.07, 6.45) is 3.27. The first-order chi connectivity index (χ1) is 13.8. The molecular weight excluding hydrogens is 348 g/mol. The van der Waals surface area contributed by atoms with Gasteiger partial charge in [0.1, 0.15) is 5.75 Å². The van der Waals surface area contributed by atoms with E-state index in [0.717, 1.165) is 30.0 Å². The smallest absolute Gasteiger partial charge is 0.223 e. The van der Waals surface area contributed by atoms with Crippen LogP contribution < -0.4 is 4.74 Å². The Bertz CT molecular complexity index is 933. The molecule has 0 fully saturated rings. The number of nitrogens with zero attached hydrogens (tertiary/aromatic N) is 2. The summed E-state index contributed by atoms with van der Waals surface area (Å²) in [7, 11) is 0. The molecule has 4 nitrogen and oxygen atoms in total. The number of rotatable bonds is 6. The van der Waals surface area contributed by atoms with Crippen LogP contribution in [-0.4, -0.2) is 28.5 Å². The standard InChI is InChI=1S/C24H26N2O2/c1-2-28-22-13-7-6-9-19(22)14-15-23(27)26-18-17-25-16-8-12-21(25)24(26)20-10-4-3-5-11-20/h3-13,16,24H,2,14-15,17-18H2,1H3/t24-/m1/s1. The lowest BCUT2D eigenvalue weighted by molar-refractivity contribution is -0.133. The van der Waals surface area contributed by atoms with E-state index in [-0.39, 0.29) is 11.9 Å². The average molecular weight is 374 g/mol. The van der Waals surface area contributed by atoms with E-state index in [4.69, 9.17) is 4.74 Å². The Kier molecular flexibility index (Phi) is 5.47. The molecule has 1 aliphatic rings. The van der Waals surface area contributed by atoms with Gasteiger partial charge in [0, 0.05) is 31.4 Å². The van der Waals surface area contributed by atoms with Gasteiger partial charge in [-0.05, 0) is 42.7 Å². The molecule has 4 heteroatoms. The van der Waals surface area contributed by atoms with Gasteiger partial charge in [-0.3, -0.25) is 4.79 Å². The number of fused-ring (bicyclic) bond motifs is 1. The molecule has 3 aromatic rings. The number of aromatic nitrogens is 1. The zero-order valence-electron chi connectivity index (χ0n) is 16.3. The molecule has 1 atom stereocenters. The highest BCUT2D eigenvalue weighted by molar-refractivity contribution is 5.77. The fraction of sp³-hybridized carbons (Fsp3) is 0.292. The van der Waals surface area contributed by atoms with Crippen LogP contribution in [0, 0.1) is 0 Å². The molecule has 1 aliphatic heterocycles. The van der Waals surface area contributed by atoms with Crippen LogP contribution in [-0.2, 0) is 17.8 Å². The number of aryl methyl sites for hydroxylation is 1. The van der Waals surface area contributed by atoms with Crippen molar-refractivity contribution in [3.8, 4) is 5.75 Å². The molecule has 28 heavy (non-hydrogen) atoms. The predicted molar refractivity (Wildman–Crippen MR) is 110 cm³/mol. The Morgan fingerprint density at radius 3 is 2.61 bits per heavy atom. The molecule has 1 aromatic heterocycles. The topological polar surface area (TPSA) is 34.5 Å². The Balaban J connectivity index is 1.55. The van der Waals surface area contributed by atoms with Crippen LogP contribution in [0.1, 0.15) is 36.2 Å². The largest absolute Gasteiger partial charge is 0.494 e. The minimum atomic E-state index is -0.0282. The van der Waals surface area contributed by atoms with Crippen molar-refractivity contribution in [3.63, 3.8) is 0 Å². The summed E-state index contributed by atoms with van der Waals surface area (Å²) in [5.41, 5.74) is 3.43. The van der Waals surface area contributed by atoms with E-state index in [1.165, 1.54) is 5.69 Å². The van der Waals surface area contributed by atoms with Crippen molar-refractivity contribution in [1.82, 2.24) is 9.47 Å². The fourth-order valence-electron chi connectivity index (χ4n) is 4.03. The van der Waals surface area contributed by atoms with Crippen LogP contribution >= 0.6 is 0 Å². The Morgan fingerprint density at radius 2 is 1.79 bits per heavy atom. The van der Waals surface area contributed by atoms with Crippen molar-refractivity contribution in [3.05, 3.63) is 89.7 Å². The van der Waals surface area contributed by atoms with Crippen LogP contribution in [0.3, 0.4) is 0 Å². The summed E-state index contributed by atoms with van der Waals surface area (Å²) in [5, 5.41) is 0. The number of carbonyl (C=O) groups is 1. The van der Waals surface area contributed by atoms with Gasteiger partial charge >= 0.3 is 0 Å². The van der Waals surface area contributed by atoms with E-state index in [1.807, 2.05) is 54.3 Å². The summed E-state index contributed by atoms with van der Waals surface area (Å²) < 4.78 is 7.97. The monoisotopic (exact) mass is 374 g/mol. The first-order valence-electron chi connectivity index (χ1n) is 9.98. The maximum atomic E-state index is 13.2. The van der Waals surface area contributed by atoms with Crippen LogP contribution in [0.4, 0.5) is 0 Å². The molecule has 0 bridgehead atoms. The zero-order chi connectivity index (χ0) is 19.3. The number of amides is 1. The molecule has 0 radical (unpaired) electrons. The Morgan fingerprint density at radius 1 is 1.00 bits per heavy atom. The summed E-state index contributed by atoms with van der Waals surface area (Å²) in [5.74, 6) is 1.07. The van der Waals surface area contributed by atoms with Crippen LogP contribution in [0.25, 0.3) is 0 Å². The second kappa shape index (κ2) is 8.34. The quantitative estimate of drug-likeness (QED) is 0.639. The first kappa shape index (κ1) is 18.4. The lowest BCUT2D eigenvalue weighted by Gasteiger charge is -2.37. The summed E-state index contributed by atoms with van der Waals surface area (Å²) in [4.78, 5) is 15.3. The number of carbonyl (C=O) groups excluding carboxylic acids is 1. The number of benzene rings is 2. The maximum absolute atomic E-state index is 13.2. The Hall–Kier alpha value is -3.01. The van der Waals surface area contributed by atoms with E-state index in [2.05, 4.69) is 35.0 Å². The lowest BCUT2D eigenvalue weighted by Crippen LogP contribution is -2.42. The number of hydrogen-bond acceptors (Lipinski definition) is 2. The number of para-hydroxylation sites is 1. The summed E-state index contributed by atoms with van der Waals surface area (Å²) in [6.45, 7) is 4.18. The molecular formula is C24H26N2O2. The second-order valence-electron chi connectivity index (χ2n) is 7.07. The minimum Gasteiger partial charge on any atom is -0.494 e. The van der Waals surface area contributed by atoms with Gasteiger partial charge in [0.15, 0.2) is 0 Å². The zero-order valence-corrected chi connectivity index (χ0v) is 16.3. The van der Waals surface area contributed by atoms with Crippen LogP contribution in [0.2, 0.25) is 0 Å². The van der Waals surface area contributed by atoms with Crippen molar-refractivity contribution in [1.29, 1.82) is 0 Å². The SMILES string of the molecule is CCOc1ccccc1CCC(=O)N1CCn2cccc2[C@H]1c1ccccc1. The van der Waals surface area contributed by atoms with Crippen LogP contribution in [0.15, 0.2) is 72.9 Å². The van der Waals surface area contributed by atoms with Gasteiger partial charge in [0.05, 0.1) is 12.6 Å². The molecule has 0 spiro atoms. The van der Waals surface area contributed by atoms with Gasteiger partial charge < -0.3 is 14.2 Å². The van der Waals surface area contributed by atoms with Gasteiger partial charge in [0.2, 0.25) is 5.91 Å². The molecule has 0 saturated carbocycles. The molecule has 4 rings (SSSR count). The van der Waals surface area contributed by atoms with Crippen molar-refractivity contribution in [2.75, 3.05) is 13.2 Å². The van der Waals surface area contributed by atoms with E-state index >= 15 is 0 Å². The predicted octanol–water partition coefficient (Wildman–Crippen LogP) is 4.45. The highest BCUT2D eigenvalue weighted by Crippen LogP contribution is 2.33. The third-order valence-electron chi connectivity index (χ3n) is 5.35. The van der Waals surface area contributed by atoms with E-state index < -0.39 is 0 Å². The molecule has 1 amide bonds. The molecule has 0 unspecified atom stereocenters. The Labute approximate surface area is 166 Å². The van der Waals surface area contributed by atoms with E-state index in [0.29, 0.717) is 19.4 Å². The molecule has 2 heterocycles. The highest BCUT2D eigenvalue weighted by Gasteiger charge is 2.31. The average Bonchev–Trinajstić information content (AvgIpc) is 3.22. The molecule has 0 saturated heterocycles. The second-order valence-corrected chi connectivity index (χ2v) is 7.07. The van der Waals surface area contributed by atoms with Crippen molar-refractivity contribution >= 4 is 5.91 Å². The molecule has 0 N–H and O–H groups in total. The van der Waals surface area contributed by atoms with Crippen molar-refractivity contribution < 1.29 is 9.53 Å². The summed E-state index contributed by atoms with van der Waals surface area (Å²) in [6, 6.07) is 22.5. The third-order valence-corrected chi connectivity index (χ3v) is 5.35. The van der Waals surface area contributed by atoms with Gasteiger partial charge in [0.25, 0.3) is 0 Å². The van der Waals surface area contributed by atoms with Crippen molar-refractivity contribution in [2.24, 2.45) is 0 Å². The highest BCUT2D eigenvalue weighted by atomic mass is 16.5. The summed E-state index contributed by atoms with van der Waals surface area (Å²) >= 11 is 0. The van der Waals surface area contributed by atoms with Gasteiger partial charge in [-0.25, -0.2) is 0 Å². The van der Waals surface area contributed by atoms with E-state index in [1.54, 1.807) is 0 Å². The van der Waals surface area contributed by atoms with Gasteiger partial charge in [-0.1, -0.05) is 48.5 Å². The van der Waals surface area contributed by atoms with Gasteiger partial charge in [-0.2, -0.15) is 0 Å². The lowest BCUT2D eigenvalue weighted by atomic mass is 9.99. The minimum absolute atomic E-state index is 0.0282. The number of hydrogen-bond donors (Lipinski definition) is 0. The molecule has 0 aliphatic carbocycles. The van der Waals surface area contributed by atoms with E-state index in [9.17, 15) is 4.79 Å². The van der Waals surface area contributed by atoms with Gasteiger partial charge in [-0.15, -0.1) is 0 Å². The third kappa shape index (κ3) is 3.68. The fourth-order valence-corrected chi connectivity index (χ4v) is 4.03. The van der Waals surface area contributed by atoms with Crippen LogP contribution in [0.5, 0.6) is 5.75 Å². The first-order valence-corrected chi connectivity index (χ1v) is 9.98. The number of ether oxygens (including phenoxy) is 1. The normalized spacial score (nSPS) is 15.9. The maximum Gasteiger partial charge on any atom is 0.223 e. The van der Waals surface area contributed by atoms with Crippen molar-refractivity contribution in [2.45, 2.75) is 32.4 Å².